The van der Waals surface area contributed by atoms with Crippen LogP contribution in [-0.2, 0) is 21.2 Å². The highest BCUT2D eigenvalue weighted by Crippen LogP contribution is 2.28. The molecule has 0 unspecified atom stereocenters. The monoisotopic (exact) mass is 487 g/mol. The maximum absolute atomic E-state index is 13.2. The van der Waals surface area contributed by atoms with E-state index in [-0.39, 0.29) is 27.6 Å². The zero-order valence-electron chi connectivity index (χ0n) is 18.9. The van der Waals surface area contributed by atoms with Crippen LogP contribution < -0.4 is 10.2 Å². The number of nitrogens with one attached hydrogen (secondary N) is 1. The molecule has 1 aliphatic rings. The van der Waals surface area contributed by atoms with Gasteiger partial charge in [0.05, 0.1) is 15.1 Å². The van der Waals surface area contributed by atoms with E-state index in [1.165, 1.54) is 9.87 Å². The number of piperidine rings is 1. The fraction of sp³-hybridized carbons (Fsp3) is 0.417. The number of nitrogens with zero attached hydrogens (tertiary/aromatic N) is 2. The van der Waals surface area contributed by atoms with Gasteiger partial charge in [-0.25, -0.2) is 8.42 Å². The first-order valence-corrected chi connectivity index (χ1v) is 13.5. The number of aromatic nitrogens is 1. The minimum atomic E-state index is -3.68. The van der Waals surface area contributed by atoms with Crippen LogP contribution >= 0.6 is 11.3 Å². The van der Waals surface area contributed by atoms with E-state index in [0.29, 0.717) is 37.2 Å². The van der Waals surface area contributed by atoms with Gasteiger partial charge in [0, 0.05) is 31.6 Å². The highest BCUT2D eigenvalue weighted by Gasteiger charge is 2.32. The second-order valence-electron chi connectivity index (χ2n) is 8.67. The van der Waals surface area contributed by atoms with E-state index in [9.17, 15) is 18.0 Å². The first-order chi connectivity index (χ1) is 15.8. The predicted molar refractivity (Wildman–Crippen MR) is 131 cm³/mol. The summed E-state index contributed by atoms with van der Waals surface area (Å²) in [6.45, 7) is 5.04. The molecule has 0 bridgehead atoms. The number of amides is 1. The molecule has 0 saturated carbocycles. The summed E-state index contributed by atoms with van der Waals surface area (Å²) in [5.41, 5.74) is 1.93. The highest BCUT2D eigenvalue weighted by atomic mass is 32.2. The van der Waals surface area contributed by atoms with Gasteiger partial charge in [0.25, 0.3) is 0 Å². The van der Waals surface area contributed by atoms with E-state index in [2.05, 4.69) is 5.32 Å². The molecule has 1 aliphatic heterocycles. The Morgan fingerprint density at radius 2 is 1.82 bits per heavy atom. The van der Waals surface area contributed by atoms with Crippen LogP contribution in [0, 0.1) is 5.92 Å². The lowest BCUT2D eigenvalue weighted by Crippen LogP contribution is -2.43. The van der Waals surface area contributed by atoms with E-state index < -0.39 is 10.0 Å². The van der Waals surface area contributed by atoms with E-state index in [1.54, 1.807) is 22.8 Å². The van der Waals surface area contributed by atoms with Crippen LogP contribution in [0.5, 0.6) is 0 Å². The number of benzene rings is 2. The van der Waals surface area contributed by atoms with Crippen LogP contribution in [-0.4, -0.2) is 42.8 Å². The lowest BCUT2D eigenvalue weighted by atomic mass is 9.97. The van der Waals surface area contributed by atoms with E-state index in [0.717, 1.165) is 23.3 Å². The maximum atomic E-state index is 13.2. The van der Waals surface area contributed by atoms with Crippen LogP contribution in [0.25, 0.3) is 10.2 Å². The molecule has 0 spiro atoms. The van der Waals surface area contributed by atoms with Gasteiger partial charge in [0.1, 0.15) is 0 Å². The second kappa shape index (κ2) is 9.79. The lowest BCUT2D eigenvalue weighted by molar-refractivity contribution is -0.126. The minimum absolute atomic E-state index is 0.00609. The predicted octanol–water partition coefficient (Wildman–Crippen LogP) is 3.40. The van der Waals surface area contributed by atoms with Crippen LogP contribution in [0.1, 0.15) is 38.3 Å². The number of carbonyl (C=O) groups excluding carboxylic acids is 1. The largest absolute Gasteiger partial charge is 0.356 e. The molecule has 0 radical (unpaired) electrons. The van der Waals surface area contributed by atoms with Crippen molar-refractivity contribution in [2.75, 3.05) is 19.6 Å². The Morgan fingerprint density at radius 3 is 2.48 bits per heavy atom. The minimum Gasteiger partial charge on any atom is -0.356 e. The summed E-state index contributed by atoms with van der Waals surface area (Å²) >= 11 is 1.07. The summed E-state index contributed by atoms with van der Waals surface area (Å²) in [5.74, 6) is -0.191. The van der Waals surface area contributed by atoms with Gasteiger partial charge in [-0.1, -0.05) is 41.7 Å². The normalized spacial score (nSPS) is 15.8. The lowest BCUT2D eigenvalue weighted by Gasteiger charge is -2.30. The molecule has 9 heteroatoms. The van der Waals surface area contributed by atoms with Gasteiger partial charge in [-0.15, -0.1) is 0 Å². The van der Waals surface area contributed by atoms with Crippen LogP contribution in [0.4, 0.5) is 0 Å². The quantitative estimate of drug-likeness (QED) is 0.553. The summed E-state index contributed by atoms with van der Waals surface area (Å²) in [7, 11) is -3.68. The van der Waals surface area contributed by atoms with Crippen LogP contribution in [0.15, 0.2) is 58.2 Å². The third-order valence-electron chi connectivity index (χ3n) is 6.12. The molecular weight excluding hydrogens is 458 g/mol. The Kier molecular flexibility index (Phi) is 7.02. The molecule has 176 valence electrons. The van der Waals surface area contributed by atoms with Crippen molar-refractivity contribution < 1.29 is 13.2 Å². The second-order valence-corrected chi connectivity index (χ2v) is 11.6. The molecular formula is C24H29N3O4S2. The SMILES string of the molecule is CC(C)n1c(=O)sc2cc(S(=O)(=O)N3CCC(C(=O)NCCc4ccccc4)CC3)ccc21. The first kappa shape index (κ1) is 23.7. The molecule has 0 atom stereocenters. The third kappa shape index (κ3) is 5.05. The number of hydrogen-bond donors (Lipinski definition) is 1. The molecule has 4 rings (SSSR count). The highest BCUT2D eigenvalue weighted by molar-refractivity contribution is 7.89. The zero-order valence-corrected chi connectivity index (χ0v) is 20.5. The van der Waals surface area contributed by atoms with Crippen molar-refractivity contribution in [3.8, 4) is 0 Å². The van der Waals surface area contributed by atoms with Gasteiger partial charge in [-0.2, -0.15) is 4.31 Å². The number of fused-ring (bicyclic) bond motifs is 1. The van der Waals surface area contributed by atoms with Crippen LogP contribution in [0.2, 0.25) is 0 Å². The molecule has 1 fully saturated rings. The van der Waals surface area contributed by atoms with E-state index in [1.807, 2.05) is 44.2 Å². The Balaban J connectivity index is 1.37. The van der Waals surface area contributed by atoms with Gasteiger partial charge in [-0.05, 0) is 56.9 Å². The van der Waals surface area contributed by atoms with Gasteiger partial charge in [0.2, 0.25) is 15.9 Å². The number of hydrogen-bond acceptors (Lipinski definition) is 5. The molecule has 3 aromatic rings. The van der Waals surface area contributed by atoms with Gasteiger partial charge >= 0.3 is 4.87 Å². The molecule has 1 N–H and O–H groups in total. The van der Waals surface area contributed by atoms with Crippen molar-refractivity contribution in [3.05, 3.63) is 63.8 Å². The molecule has 1 amide bonds. The summed E-state index contributed by atoms with van der Waals surface area (Å²) in [6.07, 6.45) is 1.76. The molecule has 0 aliphatic carbocycles. The molecule has 1 saturated heterocycles. The van der Waals surface area contributed by atoms with E-state index >= 15 is 0 Å². The number of thiazole rings is 1. The number of rotatable bonds is 7. The number of carbonyl (C=O) groups is 1. The van der Waals surface area contributed by atoms with Crippen molar-refractivity contribution in [1.29, 1.82) is 0 Å². The van der Waals surface area contributed by atoms with Crippen molar-refractivity contribution in [2.45, 2.75) is 44.0 Å². The Bertz CT molecular complexity index is 1290. The maximum Gasteiger partial charge on any atom is 0.308 e. The smallest absolute Gasteiger partial charge is 0.308 e. The van der Waals surface area contributed by atoms with Crippen LogP contribution in [0.3, 0.4) is 0 Å². The number of sulfonamides is 1. The van der Waals surface area contributed by atoms with E-state index in [4.69, 9.17) is 0 Å². The molecule has 2 aromatic carbocycles. The van der Waals surface area contributed by atoms with Crippen molar-refractivity contribution in [1.82, 2.24) is 14.2 Å². The summed E-state index contributed by atoms with van der Waals surface area (Å²) < 4.78 is 30.2. The molecule has 33 heavy (non-hydrogen) atoms. The molecule has 7 nitrogen and oxygen atoms in total. The van der Waals surface area contributed by atoms with Crippen molar-refractivity contribution >= 4 is 37.5 Å². The molecule has 1 aromatic heterocycles. The Labute approximate surface area is 198 Å². The van der Waals surface area contributed by atoms with Crippen molar-refractivity contribution in [2.24, 2.45) is 5.92 Å². The van der Waals surface area contributed by atoms with Gasteiger partial charge in [-0.3, -0.25) is 14.2 Å². The summed E-state index contributed by atoms with van der Waals surface area (Å²) in [4.78, 5) is 24.9. The summed E-state index contributed by atoms with van der Waals surface area (Å²) in [5, 5.41) is 2.99. The van der Waals surface area contributed by atoms with Gasteiger partial charge < -0.3 is 5.32 Å². The Hall–Kier alpha value is -2.49. The fourth-order valence-corrected chi connectivity index (χ4v) is 6.92. The average Bonchev–Trinajstić information content (AvgIpc) is 3.15. The summed E-state index contributed by atoms with van der Waals surface area (Å²) in [6, 6.07) is 14.9. The standard InChI is InChI=1S/C24H29N3O4S2/c1-17(2)27-21-9-8-20(16-22(21)32-24(27)29)33(30,31)26-14-11-19(12-15-26)23(28)25-13-10-18-6-4-3-5-7-18/h3-9,16-17,19H,10-15H2,1-2H3,(H,25,28). The van der Waals surface area contributed by atoms with Crippen molar-refractivity contribution in [3.63, 3.8) is 0 Å². The van der Waals surface area contributed by atoms with Gasteiger partial charge in [0.15, 0.2) is 0 Å². The third-order valence-corrected chi connectivity index (χ3v) is 8.93. The zero-order chi connectivity index (χ0) is 23.6. The Morgan fingerprint density at radius 1 is 1.12 bits per heavy atom. The molecule has 2 heterocycles. The first-order valence-electron chi connectivity index (χ1n) is 11.2. The topological polar surface area (TPSA) is 88.5 Å². The average molecular weight is 488 g/mol. The fourth-order valence-electron chi connectivity index (χ4n) is 4.29.